The molecule has 0 saturated carbocycles. The van der Waals surface area contributed by atoms with Crippen molar-refractivity contribution in [2.45, 2.75) is 26.2 Å². The summed E-state index contributed by atoms with van der Waals surface area (Å²) in [6, 6.07) is 15.2. The number of carbonyl (C=O) groups excluding carboxylic acids is 1. The molecule has 3 aromatic rings. The van der Waals surface area contributed by atoms with Crippen LogP contribution in [0.25, 0.3) is 0 Å². The van der Waals surface area contributed by atoms with E-state index in [1.54, 1.807) is 62.4 Å². The first kappa shape index (κ1) is 23.5. The van der Waals surface area contributed by atoms with Crippen LogP contribution < -0.4 is 6.54 Å². The third-order valence-corrected chi connectivity index (χ3v) is 15.0. The van der Waals surface area contributed by atoms with Crippen molar-refractivity contribution in [3.8, 4) is 0 Å². The zero-order valence-electron chi connectivity index (χ0n) is 16.5. The van der Waals surface area contributed by atoms with Gasteiger partial charge in [0, 0.05) is 0 Å². The Balaban J connectivity index is 2.26. The minimum atomic E-state index is -5.01. The fourth-order valence-electron chi connectivity index (χ4n) is 3.18. The molecule has 0 unspecified atom stereocenters. The summed E-state index contributed by atoms with van der Waals surface area (Å²) >= 11 is -3.72. The van der Waals surface area contributed by atoms with Gasteiger partial charge in [-0.15, -0.1) is 0 Å². The van der Waals surface area contributed by atoms with Gasteiger partial charge in [0.25, 0.3) is 0 Å². The molecule has 162 valence electrons. The number of alkyl halides is 6. The third kappa shape index (κ3) is 5.17. The summed E-state index contributed by atoms with van der Waals surface area (Å²) in [6.07, 6.45) is -10.0. The Labute approximate surface area is 183 Å². The van der Waals surface area contributed by atoms with Crippen LogP contribution in [0.1, 0.15) is 32.6 Å². The molecule has 0 amide bonds. The second-order valence-corrected chi connectivity index (χ2v) is 14.9. The number of rotatable bonds is 4. The van der Waals surface area contributed by atoms with Crippen LogP contribution in [-0.2, 0) is 12.4 Å². The van der Waals surface area contributed by atoms with E-state index in [4.69, 9.17) is 0 Å². The van der Waals surface area contributed by atoms with E-state index in [1.807, 2.05) is 0 Å². The standard InChI is InChI=1S/C9H3F6O.2C7H7.Bi/c10-8(11,12)6-1-5(4-16)2-7(3-6)9(13,14)15;2*1-7-5-3-2-4-6-7;/h1-3H;2*2-5H,1H3;. The molecule has 0 fully saturated rings. The first-order chi connectivity index (χ1) is 14.4. The van der Waals surface area contributed by atoms with Gasteiger partial charge in [0.2, 0.25) is 0 Å². The van der Waals surface area contributed by atoms with Crippen molar-refractivity contribution in [3.05, 3.63) is 94.5 Å². The molecule has 3 rings (SSSR count). The zero-order valence-corrected chi connectivity index (χ0v) is 20.0. The van der Waals surface area contributed by atoms with Gasteiger partial charge in [0.1, 0.15) is 0 Å². The SMILES string of the molecule is Cc1cccc[c]1[Bi]([C](=O)c1cc(C(F)(F)F)cc(C(F)(F)F)c1)[c]1ccccc1C. The first-order valence-corrected chi connectivity index (χ1v) is 14.4. The van der Waals surface area contributed by atoms with Crippen LogP contribution in [0.3, 0.4) is 0 Å². The molecule has 0 aromatic heterocycles. The molecule has 8 heteroatoms. The van der Waals surface area contributed by atoms with Crippen molar-refractivity contribution in [2.75, 3.05) is 0 Å². The van der Waals surface area contributed by atoms with Gasteiger partial charge in [-0.1, -0.05) is 0 Å². The predicted molar refractivity (Wildman–Crippen MR) is 108 cm³/mol. The van der Waals surface area contributed by atoms with E-state index in [2.05, 4.69) is 0 Å². The summed E-state index contributed by atoms with van der Waals surface area (Å²) in [5.74, 6) is 0. The second-order valence-electron chi connectivity index (χ2n) is 7.01. The van der Waals surface area contributed by atoms with Crippen LogP contribution in [0.15, 0.2) is 66.7 Å². The molecular formula is C23H17BiF6O. The molecule has 0 aliphatic carbocycles. The number of aryl methyl sites for hydroxylation is 2. The maximum atomic E-state index is 13.6. The van der Waals surface area contributed by atoms with E-state index < -0.39 is 54.3 Å². The van der Waals surface area contributed by atoms with Crippen LogP contribution in [-0.4, -0.2) is 25.2 Å². The van der Waals surface area contributed by atoms with E-state index in [9.17, 15) is 31.1 Å². The topological polar surface area (TPSA) is 17.1 Å². The van der Waals surface area contributed by atoms with Gasteiger partial charge < -0.3 is 0 Å². The van der Waals surface area contributed by atoms with E-state index in [0.717, 1.165) is 17.7 Å². The molecule has 0 heterocycles. The van der Waals surface area contributed by atoms with Gasteiger partial charge in [0.05, 0.1) is 0 Å². The van der Waals surface area contributed by atoms with Crippen molar-refractivity contribution in [1.82, 2.24) is 0 Å². The fraction of sp³-hybridized carbons (Fsp3) is 0.174. The van der Waals surface area contributed by atoms with E-state index in [-0.39, 0.29) is 6.07 Å². The summed E-state index contributed by atoms with van der Waals surface area (Å²) in [4.78, 5) is 13.6. The summed E-state index contributed by atoms with van der Waals surface area (Å²) in [5, 5.41) is 0. The molecular weight excluding hydrogens is 615 g/mol. The quantitative estimate of drug-likeness (QED) is 0.280. The summed E-state index contributed by atoms with van der Waals surface area (Å²) in [7, 11) is 0. The zero-order chi connectivity index (χ0) is 23.0. The molecule has 3 aromatic carbocycles. The Morgan fingerprint density at radius 1 is 0.677 bits per heavy atom. The Morgan fingerprint density at radius 3 is 1.42 bits per heavy atom. The van der Waals surface area contributed by atoms with Crippen LogP contribution in [0.5, 0.6) is 0 Å². The molecule has 0 bridgehead atoms. The van der Waals surface area contributed by atoms with Gasteiger partial charge >= 0.3 is 184 Å². The Morgan fingerprint density at radius 2 is 1.06 bits per heavy atom. The normalized spacial score (nSPS) is 12.3. The van der Waals surface area contributed by atoms with Crippen molar-refractivity contribution < 1.29 is 31.1 Å². The van der Waals surface area contributed by atoms with Crippen molar-refractivity contribution in [3.63, 3.8) is 0 Å². The summed E-state index contributed by atoms with van der Waals surface area (Å²) in [6.45, 7) is 3.58. The van der Waals surface area contributed by atoms with Gasteiger partial charge in [-0.3, -0.25) is 0 Å². The van der Waals surface area contributed by atoms with E-state index in [1.165, 1.54) is 0 Å². The van der Waals surface area contributed by atoms with Crippen molar-refractivity contribution in [2.24, 2.45) is 0 Å². The monoisotopic (exact) mass is 632 g/mol. The van der Waals surface area contributed by atoms with Gasteiger partial charge in [-0.05, 0) is 0 Å². The maximum absolute atomic E-state index is 13.6. The molecule has 0 atom stereocenters. The molecule has 0 radical (unpaired) electrons. The Hall–Kier alpha value is -2.21. The van der Waals surface area contributed by atoms with Crippen LogP contribution >= 0.6 is 0 Å². The van der Waals surface area contributed by atoms with Crippen LogP contribution in [0.4, 0.5) is 26.3 Å². The van der Waals surface area contributed by atoms with Crippen LogP contribution in [0, 0.1) is 13.8 Å². The van der Waals surface area contributed by atoms with Gasteiger partial charge in [-0.25, -0.2) is 0 Å². The first-order valence-electron chi connectivity index (χ1n) is 9.15. The Kier molecular flexibility index (Phi) is 6.61. The summed E-state index contributed by atoms with van der Waals surface area (Å²) in [5.41, 5.74) is -1.93. The third-order valence-electron chi connectivity index (χ3n) is 4.75. The molecule has 0 N–H and O–H groups in total. The molecule has 0 aliphatic rings. The predicted octanol–water partition coefficient (Wildman–Crippen LogP) is 5.37. The average Bonchev–Trinajstić information content (AvgIpc) is 2.69. The van der Waals surface area contributed by atoms with Crippen molar-refractivity contribution >= 4 is 31.8 Å². The number of hydrogen-bond donors (Lipinski definition) is 0. The van der Waals surface area contributed by atoms with Gasteiger partial charge in [-0.2, -0.15) is 0 Å². The second kappa shape index (κ2) is 8.73. The van der Waals surface area contributed by atoms with E-state index in [0.29, 0.717) is 12.1 Å². The number of hydrogen-bond acceptors (Lipinski definition) is 1. The molecule has 0 saturated heterocycles. The number of benzene rings is 3. The number of carbonyl (C=O) groups is 1. The Bertz CT molecular complexity index is 1040. The van der Waals surface area contributed by atoms with E-state index >= 15 is 0 Å². The average molecular weight is 632 g/mol. The summed E-state index contributed by atoms with van der Waals surface area (Å²) < 4.78 is 80.7. The minimum absolute atomic E-state index is 0.0438. The van der Waals surface area contributed by atoms with Gasteiger partial charge in [0.15, 0.2) is 0 Å². The fourth-order valence-corrected chi connectivity index (χ4v) is 12.6. The molecule has 1 nitrogen and oxygen atoms in total. The number of halogens is 6. The molecule has 31 heavy (non-hydrogen) atoms. The van der Waals surface area contributed by atoms with Crippen LogP contribution in [0.2, 0.25) is 0 Å². The molecule has 0 spiro atoms. The molecule has 0 aliphatic heterocycles. The van der Waals surface area contributed by atoms with Crippen molar-refractivity contribution in [1.29, 1.82) is 0 Å².